The summed E-state index contributed by atoms with van der Waals surface area (Å²) in [7, 11) is 1.44. The molecule has 1 aliphatic heterocycles. The highest BCUT2D eigenvalue weighted by Crippen LogP contribution is 2.17. The monoisotopic (exact) mass is 244 g/mol. The average molecular weight is 244 g/mol. The topological polar surface area (TPSA) is 71.4 Å². The summed E-state index contributed by atoms with van der Waals surface area (Å²) in [6.45, 7) is 6.14. The molecule has 0 radical (unpaired) electrons. The molecule has 6 nitrogen and oxygen atoms in total. The molecular weight excluding hydrogens is 224 g/mol. The number of carbonyl (C=O) groups excluding carboxylic acids is 1. The number of aliphatic hydroxyl groups excluding tert-OH is 1. The summed E-state index contributed by atoms with van der Waals surface area (Å²) in [6, 6.07) is 0. The SMILES string of the molecule is CON=C1CN(C(=O)OC(C)(C)C)CC1CO. The number of nitrogens with zero attached hydrogens (tertiary/aromatic N) is 2. The van der Waals surface area contributed by atoms with Crippen LogP contribution in [0.15, 0.2) is 5.16 Å². The lowest BCUT2D eigenvalue weighted by Gasteiger charge is -2.24. The summed E-state index contributed by atoms with van der Waals surface area (Å²) in [4.78, 5) is 18.0. The van der Waals surface area contributed by atoms with E-state index in [-0.39, 0.29) is 12.5 Å². The first-order chi connectivity index (χ1) is 7.87. The normalized spacial score (nSPS) is 23.0. The van der Waals surface area contributed by atoms with Crippen LogP contribution >= 0.6 is 0 Å². The van der Waals surface area contributed by atoms with Gasteiger partial charge in [0, 0.05) is 12.5 Å². The molecule has 1 saturated heterocycles. The highest BCUT2D eigenvalue weighted by atomic mass is 16.6. The molecule has 1 aliphatic rings. The van der Waals surface area contributed by atoms with Crippen LogP contribution in [0.5, 0.6) is 0 Å². The van der Waals surface area contributed by atoms with Crippen LogP contribution in [-0.4, -0.2) is 54.2 Å². The van der Waals surface area contributed by atoms with Crippen LogP contribution in [0.4, 0.5) is 4.79 Å². The van der Waals surface area contributed by atoms with Gasteiger partial charge in [0.2, 0.25) is 0 Å². The first-order valence-electron chi connectivity index (χ1n) is 5.56. The van der Waals surface area contributed by atoms with Crippen molar-refractivity contribution >= 4 is 11.8 Å². The zero-order valence-corrected chi connectivity index (χ0v) is 10.8. The number of amides is 1. The van der Waals surface area contributed by atoms with Gasteiger partial charge in [0.05, 0.1) is 18.9 Å². The Balaban J connectivity index is 2.64. The zero-order valence-electron chi connectivity index (χ0n) is 10.8. The number of ether oxygens (including phenoxy) is 1. The molecule has 0 spiro atoms. The van der Waals surface area contributed by atoms with Crippen molar-refractivity contribution in [3.63, 3.8) is 0 Å². The summed E-state index contributed by atoms with van der Waals surface area (Å²) in [5.74, 6) is -0.164. The molecule has 0 aromatic rings. The van der Waals surface area contributed by atoms with Gasteiger partial charge in [0.1, 0.15) is 12.7 Å². The molecule has 0 aliphatic carbocycles. The second-order valence-corrected chi connectivity index (χ2v) is 5.01. The third kappa shape index (κ3) is 3.89. The molecule has 1 amide bonds. The Hall–Kier alpha value is -1.30. The van der Waals surface area contributed by atoms with Crippen LogP contribution < -0.4 is 0 Å². The smallest absolute Gasteiger partial charge is 0.410 e. The van der Waals surface area contributed by atoms with E-state index in [9.17, 15) is 9.90 Å². The van der Waals surface area contributed by atoms with Crippen molar-refractivity contribution < 1.29 is 19.5 Å². The fourth-order valence-electron chi connectivity index (χ4n) is 1.61. The fraction of sp³-hybridized carbons (Fsp3) is 0.818. The van der Waals surface area contributed by atoms with Gasteiger partial charge in [-0.05, 0) is 20.8 Å². The molecule has 0 saturated carbocycles. The molecule has 98 valence electrons. The van der Waals surface area contributed by atoms with Gasteiger partial charge in [0.15, 0.2) is 0 Å². The van der Waals surface area contributed by atoms with Gasteiger partial charge in [-0.15, -0.1) is 0 Å². The zero-order chi connectivity index (χ0) is 13.1. The first-order valence-corrected chi connectivity index (χ1v) is 5.56. The standard InChI is InChI=1S/C11H20N2O4/c1-11(2,3)17-10(15)13-5-8(7-14)9(6-13)12-16-4/h8,14H,5-7H2,1-4H3. The van der Waals surface area contributed by atoms with Crippen molar-refractivity contribution in [2.75, 3.05) is 26.8 Å². The maximum atomic E-state index is 11.8. The van der Waals surface area contributed by atoms with Crippen LogP contribution in [0.3, 0.4) is 0 Å². The molecule has 1 rings (SSSR count). The van der Waals surface area contributed by atoms with Gasteiger partial charge in [-0.3, -0.25) is 0 Å². The van der Waals surface area contributed by atoms with Crippen LogP contribution in [0.1, 0.15) is 20.8 Å². The number of oxime groups is 1. The quantitative estimate of drug-likeness (QED) is 0.731. The fourth-order valence-corrected chi connectivity index (χ4v) is 1.61. The minimum atomic E-state index is -0.521. The summed E-state index contributed by atoms with van der Waals surface area (Å²) in [5, 5.41) is 13.0. The molecule has 0 bridgehead atoms. The lowest BCUT2D eigenvalue weighted by atomic mass is 10.1. The van der Waals surface area contributed by atoms with Crippen LogP contribution in [0.25, 0.3) is 0 Å². The van der Waals surface area contributed by atoms with Gasteiger partial charge in [-0.25, -0.2) is 4.79 Å². The van der Waals surface area contributed by atoms with E-state index in [1.807, 2.05) is 20.8 Å². The van der Waals surface area contributed by atoms with Crippen LogP contribution in [0.2, 0.25) is 0 Å². The molecule has 17 heavy (non-hydrogen) atoms. The van der Waals surface area contributed by atoms with E-state index >= 15 is 0 Å². The molecule has 0 aromatic carbocycles. The van der Waals surface area contributed by atoms with Crippen molar-refractivity contribution in [1.29, 1.82) is 0 Å². The van der Waals surface area contributed by atoms with E-state index in [0.29, 0.717) is 18.8 Å². The van der Waals surface area contributed by atoms with Crippen molar-refractivity contribution in [1.82, 2.24) is 4.90 Å². The number of rotatable bonds is 2. The molecule has 1 atom stereocenters. The minimum absolute atomic E-state index is 0.0541. The lowest BCUT2D eigenvalue weighted by Crippen LogP contribution is -2.35. The molecular formula is C11H20N2O4. The second-order valence-electron chi connectivity index (χ2n) is 5.01. The average Bonchev–Trinajstić information content (AvgIpc) is 2.59. The Kier molecular flexibility index (Phi) is 4.34. The first kappa shape index (κ1) is 13.8. The number of likely N-dealkylation sites (tertiary alicyclic amines) is 1. The third-order valence-corrected chi connectivity index (χ3v) is 2.35. The molecule has 1 N–H and O–H groups in total. The number of hydrogen-bond acceptors (Lipinski definition) is 5. The predicted octanol–water partition coefficient (Wildman–Crippen LogP) is 0.848. The van der Waals surface area contributed by atoms with E-state index in [0.717, 1.165) is 0 Å². The van der Waals surface area contributed by atoms with E-state index in [4.69, 9.17) is 4.74 Å². The lowest BCUT2D eigenvalue weighted by molar-refractivity contribution is 0.0286. The van der Waals surface area contributed by atoms with E-state index in [1.165, 1.54) is 12.0 Å². The number of aliphatic hydroxyl groups is 1. The maximum Gasteiger partial charge on any atom is 0.410 e. The van der Waals surface area contributed by atoms with Crippen molar-refractivity contribution in [2.24, 2.45) is 11.1 Å². The van der Waals surface area contributed by atoms with E-state index in [1.54, 1.807) is 0 Å². The molecule has 1 unspecified atom stereocenters. The van der Waals surface area contributed by atoms with Gasteiger partial charge in [0.25, 0.3) is 0 Å². The predicted molar refractivity (Wildman–Crippen MR) is 62.8 cm³/mol. The minimum Gasteiger partial charge on any atom is -0.444 e. The summed E-state index contributed by atoms with van der Waals surface area (Å²) in [6.07, 6.45) is -0.391. The molecule has 0 aromatic heterocycles. The van der Waals surface area contributed by atoms with Crippen LogP contribution in [0, 0.1) is 5.92 Å². The Morgan fingerprint density at radius 3 is 2.71 bits per heavy atom. The summed E-state index contributed by atoms with van der Waals surface area (Å²) in [5.41, 5.74) is 0.147. The Bertz CT molecular complexity index is 309. The third-order valence-electron chi connectivity index (χ3n) is 2.35. The van der Waals surface area contributed by atoms with E-state index < -0.39 is 11.7 Å². The highest BCUT2D eigenvalue weighted by molar-refractivity contribution is 5.93. The van der Waals surface area contributed by atoms with Gasteiger partial charge < -0.3 is 19.6 Å². The largest absolute Gasteiger partial charge is 0.444 e. The Morgan fingerprint density at radius 1 is 1.59 bits per heavy atom. The van der Waals surface area contributed by atoms with Gasteiger partial charge in [-0.2, -0.15) is 0 Å². The highest BCUT2D eigenvalue weighted by Gasteiger charge is 2.34. The molecule has 6 heteroatoms. The van der Waals surface area contributed by atoms with Crippen molar-refractivity contribution in [3.05, 3.63) is 0 Å². The van der Waals surface area contributed by atoms with Gasteiger partial charge in [-0.1, -0.05) is 5.16 Å². The number of carbonyl (C=O) groups is 1. The Labute approximate surface area is 101 Å². The summed E-state index contributed by atoms with van der Waals surface area (Å²) >= 11 is 0. The van der Waals surface area contributed by atoms with Crippen molar-refractivity contribution in [3.8, 4) is 0 Å². The van der Waals surface area contributed by atoms with Gasteiger partial charge >= 0.3 is 6.09 Å². The molecule has 1 heterocycles. The van der Waals surface area contributed by atoms with E-state index in [2.05, 4.69) is 9.99 Å². The molecule has 1 fully saturated rings. The number of hydrogen-bond donors (Lipinski definition) is 1. The Morgan fingerprint density at radius 2 is 2.24 bits per heavy atom. The maximum absolute atomic E-state index is 11.8. The van der Waals surface area contributed by atoms with Crippen LogP contribution in [-0.2, 0) is 9.57 Å². The summed E-state index contributed by atoms with van der Waals surface area (Å²) < 4.78 is 5.25. The van der Waals surface area contributed by atoms with Crippen molar-refractivity contribution in [2.45, 2.75) is 26.4 Å². The second kappa shape index (κ2) is 5.35.